The van der Waals surface area contributed by atoms with E-state index in [9.17, 15) is 12.8 Å². The van der Waals surface area contributed by atoms with Crippen LogP contribution in [0.3, 0.4) is 0 Å². The number of nitrogens with zero attached hydrogens (tertiary/aromatic N) is 3. The van der Waals surface area contributed by atoms with Gasteiger partial charge >= 0.3 is 0 Å². The lowest BCUT2D eigenvalue weighted by Gasteiger charge is -2.16. The van der Waals surface area contributed by atoms with Crippen molar-refractivity contribution < 1.29 is 12.8 Å². The predicted molar refractivity (Wildman–Crippen MR) is 119 cm³/mol. The number of benzene rings is 2. The molecule has 0 saturated carbocycles. The van der Waals surface area contributed by atoms with E-state index in [1.165, 1.54) is 23.9 Å². The lowest BCUT2D eigenvalue weighted by molar-refractivity contribution is 0.477. The van der Waals surface area contributed by atoms with Crippen molar-refractivity contribution in [3.05, 3.63) is 52.8 Å². The van der Waals surface area contributed by atoms with Crippen LogP contribution in [-0.4, -0.2) is 35.4 Å². The zero-order valence-electron chi connectivity index (χ0n) is 16.8. The molecule has 4 rings (SSSR count). The van der Waals surface area contributed by atoms with E-state index >= 15 is 0 Å². The first kappa shape index (κ1) is 21.6. The summed E-state index contributed by atoms with van der Waals surface area (Å²) < 4.78 is 42.8. The number of aromatic nitrogens is 2. The van der Waals surface area contributed by atoms with E-state index in [1.807, 2.05) is 6.07 Å². The lowest BCUT2D eigenvalue weighted by atomic mass is 10.2. The Bertz CT molecular complexity index is 1190. The van der Waals surface area contributed by atoms with Crippen molar-refractivity contribution in [3.8, 4) is 0 Å². The van der Waals surface area contributed by atoms with Gasteiger partial charge in [-0.3, -0.25) is 0 Å². The van der Waals surface area contributed by atoms with Crippen molar-refractivity contribution in [3.63, 3.8) is 0 Å². The van der Waals surface area contributed by atoms with Gasteiger partial charge in [0.25, 0.3) is 0 Å². The van der Waals surface area contributed by atoms with Gasteiger partial charge in [-0.25, -0.2) is 17.8 Å². The van der Waals surface area contributed by atoms with E-state index in [1.54, 1.807) is 22.5 Å². The zero-order chi connectivity index (χ0) is 21.5. The smallest absolute Gasteiger partial charge is 0.243 e. The minimum absolute atomic E-state index is 0.141. The number of hydrogen-bond donors (Lipinski definition) is 0. The van der Waals surface area contributed by atoms with E-state index in [-0.39, 0.29) is 16.8 Å². The highest BCUT2D eigenvalue weighted by molar-refractivity contribution is 7.98. The average molecular weight is 468 g/mol. The van der Waals surface area contributed by atoms with Gasteiger partial charge in [-0.05, 0) is 62.6 Å². The van der Waals surface area contributed by atoms with Crippen LogP contribution in [0.1, 0.15) is 38.3 Å². The summed E-state index contributed by atoms with van der Waals surface area (Å²) in [6, 6.07) is 9.68. The van der Waals surface area contributed by atoms with Crippen LogP contribution in [0.4, 0.5) is 4.39 Å². The number of fused-ring (bicyclic) bond motifs is 1. The quantitative estimate of drug-likeness (QED) is 0.450. The van der Waals surface area contributed by atoms with Crippen molar-refractivity contribution in [2.45, 2.75) is 48.5 Å². The summed E-state index contributed by atoms with van der Waals surface area (Å²) in [4.78, 5) is 5.00. The maximum absolute atomic E-state index is 13.3. The van der Waals surface area contributed by atoms with Crippen LogP contribution in [0, 0.1) is 5.82 Å². The van der Waals surface area contributed by atoms with Crippen LogP contribution in [0.15, 0.2) is 46.5 Å². The standard InChI is InChI=1S/C21H23ClFN3O2S2/c1-14(2)26-20-8-7-17(30(27,28)25-9-3-4-10-25)12-19(20)24-21(26)29-13-15-5-6-16(23)11-18(15)22/h5-8,11-12,14H,3-4,9-10,13H2,1-2H3. The second-order valence-corrected chi connectivity index (χ2v) is 10.9. The summed E-state index contributed by atoms with van der Waals surface area (Å²) in [5.41, 5.74) is 2.36. The molecule has 0 bridgehead atoms. The van der Waals surface area contributed by atoms with Crippen LogP contribution in [0.2, 0.25) is 5.02 Å². The molecule has 0 amide bonds. The highest BCUT2D eigenvalue weighted by atomic mass is 35.5. The molecule has 30 heavy (non-hydrogen) atoms. The molecule has 9 heteroatoms. The first-order chi connectivity index (χ1) is 14.3. The molecule has 1 fully saturated rings. The van der Waals surface area contributed by atoms with Gasteiger partial charge in [-0.1, -0.05) is 29.4 Å². The van der Waals surface area contributed by atoms with Crippen LogP contribution < -0.4 is 0 Å². The van der Waals surface area contributed by atoms with Gasteiger partial charge in [0.05, 0.1) is 15.9 Å². The molecule has 0 N–H and O–H groups in total. The molecule has 0 aliphatic carbocycles. The largest absolute Gasteiger partial charge is 0.316 e. The fraction of sp³-hybridized carbons (Fsp3) is 0.381. The topological polar surface area (TPSA) is 55.2 Å². The zero-order valence-corrected chi connectivity index (χ0v) is 19.2. The molecule has 160 valence electrons. The molecular weight excluding hydrogens is 445 g/mol. The van der Waals surface area contributed by atoms with Crippen molar-refractivity contribution in [2.24, 2.45) is 0 Å². The second kappa shape index (κ2) is 8.49. The lowest BCUT2D eigenvalue weighted by Crippen LogP contribution is -2.27. The molecule has 0 spiro atoms. The van der Waals surface area contributed by atoms with Gasteiger partial charge in [0.2, 0.25) is 10.0 Å². The van der Waals surface area contributed by atoms with Crippen molar-refractivity contribution in [1.29, 1.82) is 0 Å². The molecule has 0 atom stereocenters. The van der Waals surface area contributed by atoms with Crippen molar-refractivity contribution >= 4 is 44.4 Å². The maximum atomic E-state index is 13.3. The molecule has 3 aromatic rings. The first-order valence-corrected chi connectivity index (χ1v) is 12.7. The molecule has 1 aromatic heterocycles. The summed E-state index contributed by atoms with van der Waals surface area (Å²) >= 11 is 7.66. The normalized spacial score (nSPS) is 15.5. The van der Waals surface area contributed by atoms with Gasteiger partial charge in [0.15, 0.2) is 5.16 Å². The Labute approximate surface area is 185 Å². The Morgan fingerprint density at radius 1 is 1.17 bits per heavy atom. The first-order valence-electron chi connectivity index (χ1n) is 9.86. The SMILES string of the molecule is CC(C)n1c(SCc2ccc(F)cc2Cl)nc2cc(S(=O)(=O)N3CCCC3)ccc21. The number of rotatable bonds is 6. The summed E-state index contributed by atoms with van der Waals surface area (Å²) in [5, 5.41) is 1.16. The minimum atomic E-state index is -3.49. The third-order valence-electron chi connectivity index (χ3n) is 5.22. The van der Waals surface area contributed by atoms with Gasteiger partial charge in [0, 0.05) is 29.9 Å². The monoisotopic (exact) mass is 467 g/mol. The van der Waals surface area contributed by atoms with E-state index in [2.05, 4.69) is 18.4 Å². The number of sulfonamides is 1. The highest BCUT2D eigenvalue weighted by Crippen LogP contribution is 2.33. The van der Waals surface area contributed by atoms with Crippen molar-refractivity contribution in [1.82, 2.24) is 13.9 Å². The van der Waals surface area contributed by atoms with Gasteiger partial charge in [0.1, 0.15) is 5.82 Å². The summed E-state index contributed by atoms with van der Waals surface area (Å²) in [7, 11) is -3.49. The molecule has 0 unspecified atom stereocenters. The number of halogens is 2. The summed E-state index contributed by atoms with van der Waals surface area (Å²) in [6.07, 6.45) is 1.80. The van der Waals surface area contributed by atoms with E-state index in [4.69, 9.17) is 16.6 Å². The Morgan fingerprint density at radius 3 is 2.57 bits per heavy atom. The molecule has 2 heterocycles. The molecule has 2 aromatic carbocycles. The Balaban J connectivity index is 1.68. The Kier molecular flexibility index (Phi) is 6.12. The minimum Gasteiger partial charge on any atom is -0.316 e. The van der Waals surface area contributed by atoms with Gasteiger partial charge < -0.3 is 4.57 Å². The van der Waals surface area contributed by atoms with E-state index in [0.29, 0.717) is 29.4 Å². The van der Waals surface area contributed by atoms with Crippen LogP contribution in [0.25, 0.3) is 11.0 Å². The van der Waals surface area contributed by atoms with E-state index in [0.717, 1.165) is 29.1 Å². The van der Waals surface area contributed by atoms with Crippen LogP contribution >= 0.6 is 23.4 Å². The highest BCUT2D eigenvalue weighted by Gasteiger charge is 2.28. The molecule has 1 saturated heterocycles. The van der Waals surface area contributed by atoms with Gasteiger partial charge in [-0.15, -0.1) is 0 Å². The molecule has 1 aliphatic heterocycles. The third kappa shape index (κ3) is 4.10. The molecule has 0 radical (unpaired) electrons. The van der Waals surface area contributed by atoms with Crippen LogP contribution in [-0.2, 0) is 15.8 Å². The number of hydrogen-bond acceptors (Lipinski definition) is 4. The van der Waals surface area contributed by atoms with Crippen LogP contribution in [0.5, 0.6) is 0 Å². The maximum Gasteiger partial charge on any atom is 0.243 e. The molecular formula is C21H23ClFN3O2S2. The summed E-state index contributed by atoms with van der Waals surface area (Å²) in [5.74, 6) is 0.170. The average Bonchev–Trinajstić information content (AvgIpc) is 3.35. The number of thioether (sulfide) groups is 1. The summed E-state index contributed by atoms with van der Waals surface area (Å²) in [6.45, 7) is 5.26. The fourth-order valence-corrected chi connectivity index (χ4v) is 6.67. The Hall–Kier alpha value is -1.61. The van der Waals surface area contributed by atoms with E-state index < -0.39 is 10.0 Å². The van der Waals surface area contributed by atoms with Gasteiger partial charge in [-0.2, -0.15) is 4.31 Å². The second-order valence-electron chi connectivity index (χ2n) is 7.64. The molecule has 1 aliphatic rings. The fourth-order valence-electron chi connectivity index (χ4n) is 3.68. The number of imidazole rings is 1. The Morgan fingerprint density at radius 2 is 1.90 bits per heavy atom. The van der Waals surface area contributed by atoms with Crippen molar-refractivity contribution in [2.75, 3.05) is 13.1 Å². The predicted octanol–water partition coefficient (Wildman–Crippen LogP) is 5.49. The third-order valence-corrected chi connectivity index (χ3v) is 8.47. The molecule has 5 nitrogen and oxygen atoms in total.